The number of aliphatic hydroxyl groups excluding tert-OH is 1. The predicted molar refractivity (Wildman–Crippen MR) is 68.0 cm³/mol. The summed E-state index contributed by atoms with van der Waals surface area (Å²) in [5.41, 5.74) is -0.446. The van der Waals surface area contributed by atoms with Crippen LogP contribution < -0.4 is 0 Å². The second-order valence-electron chi connectivity index (χ2n) is 6.14. The summed E-state index contributed by atoms with van der Waals surface area (Å²) in [5, 5.41) is 9.46. The highest BCUT2D eigenvalue weighted by Gasteiger charge is 2.62. The Kier molecular flexibility index (Phi) is 2.65. The maximum atomic E-state index is 13.4. The minimum absolute atomic E-state index is 0.162. The highest BCUT2D eigenvalue weighted by Crippen LogP contribution is 2.51. The van der Waals surface area contributed by atoms with E-state index < -0.39 is 23.3 Å². The molecule has 2 atom stereocenters. The number of benzene rings is 1. The number of fused-ring (bicyclic) bond motifs is 1. The standard InChI is InChI=1S/C15H15F2NO3/c16-9-3-8(4-10(17)5-9)12-1-2-13-18(12)14(20)15(21-13)6-11(19)7-15/h3-5,11-13,19H,1-2,6-7H2/t11?,12-,13+,15?/m0/s1. The summed E-state index contributed by atoms with van der Waals surface area (Å²) in [7, 11) is 0. The zero-order valence-corrected chi connectivity index (χ0v) is 11.3. The number of hydrogen-bond acceptors (Lipinski definition) is 3. The lowest BCUT2D eigenvalue weighted by Gasteiger charge is -2.39. The van der Waals surface area contributed by atoms with Crippen LogP contribution in [0, 0.1) is 11.6 Å². The summed E-state index contributed by atoms with van der Waals surface area (Å²) in [4.78, 5) is 14.2. The van der Waals surface area contributed by atoms with Gasteiger partial charge in [-0.3, -0.25) is 4.79 Å². The molecule has 2 heterocycles. The smallest absolute Gasteiger partial charge is 0.257 e. The van der Waals surface area contributed by atoms with E-state index in [1.807, 2.05) is 0 Å². The average molecular weight is 295 g/mol. The van der Waals surface area contributed by atoms with Crippen LogP contribution in [0.1, 0.15) is 37.3 Å². The normalized spacial score (nSPS) is 38.0. The molecule has 21 heavy (non-hydrogen) atoms. The summed E-state index contributed by atoms with van der Waals surface area (Å²) < 4.78 is 32.6. The van der Waals surface area contributed by atoms with Crippen LogP contribution in [0.4, 0.5) is 8.78 Å². The molecule has 2 aliphatic heterocycles. The van der Waals surface area contributed by atoms with Crippen molar-refractivity contribution in [1.82, 2.24) is 4.90 Å². The van der Waals surface area contributed by atoms with Crippen LogP contribution in [0.5, 0.6) is 0 Å². The Labute approximate surface area is 120 Å². The van der Waals surface area contributed by atoms with Gasteiger partial charge in [0.1, 0.15) is 17.9 Å². The van der Waals surface area contributed by atoms with Gasteiger partial charge in [0.2, 0.25) is 0 Å². The first-order chi connectivity index (χ1) is 9.98. The first-order valence-electron chi connectivity index (χ1n) is 7.13. The number of halogens is 2. The van der Waals surface area contributed by atoms with Gasteiger partial charge in [-0.2, -0.15) is 0 Å². The van der Waals surface area contributed by atoms with E-state index in [4.69, 9.17) is 4.74 Å². The Morgan fingerprint density at radius 2 is 1.86 bits per heavy atom. The van der Waals surface area contributed by atoms with Gasteiger partial charge in [0.05, 0.1) is 12.1 Å². The zero-order chi connectivity index (χ0) is 14.8. The molecule has 1 saturated carbocycles. The van der Waals surface area contributed by atoms with Gasteiger partial charge in [0, 0.05) is 18.9 Å². The fourth-order valence-corrected chi connectivity index (χ4v) is 3.78. The van der Waals surface area contributed by atoms with Crippen LogP contribution in [0.25, 0.3) is 0 Å². The van der Waals surface area contributed by atoms with E-state index in [2.05, 4.69) is 0 Å². The van der Waals surface area contributed by atoms with E-state index in [1.165, 1.54) is 12.1 Å². The van der Waals surface area contributed by atoms with E-state index in [0.717, 1.165) is 6.07 Å². The summed E-state index contributed by atoms with van der Waals surface area (Å²) in [5.74, 6) is -1.45. The van der Waals surface area contributed by atoms with Crippen molar-refractivity contribution in [3.05, 3.63) is 35.4 Å². The summed E-state index contributed by atoms with van der Waals surface area (Å²) in [6.07, 6.45) is 1.04. The molecule has 112 valence electrons. The fourth-order valence-electron chi connectivity index (χ4n) is 3.78. The molecular weight excluding hydrogens is 280 g/mol. The van der Waals surface area contributed by atoms with Crippen molar-refractivity contribution in [2.75, 3.05) is 0 Å². The number of rotatable bonds is 1. The third kappa shape index (κ3) is 1.82. The number of ether oxygens (including phenoxy) is 1. The van der Waals surface area contributed by atoms with Gasteiger partial charge in [-0.05, 0) is 30.5 Å². The van der Waals surface area contributed by atoms with Gasteiger partial charge in [-0.15, -0.1) is 0 Å². The van der Waals surface area contributed by atoms with Crippen LogP contribution >= 0.6 is 0 Å². The maximum absolute atomic E-state index is 13.4. The predicted octanol–water partition coefficient (Wildman–Crippen LogP) is 1.88. The number of carbonyl (C=O) groups excluding carboxylic acids is 1. The molecule has 3 aliphatic rings. The average Bonchev–Trinajstić information content (AvgIpc) is 2.88. The summed E-state index contributed by atoms with van der Waals surface area (Å²) in [6.45, 7) is 0. The molecule has 1 aromatic carbocycles. The van der Waals surface area contributed by atoms with E-state index >= 15 is 0 Å². The van der Waals surface area contributed by atoms with Crippen LogP contribution in [0.15, 0.2) is 18.2 Å². The van der Waals surface area contributed by atoms with Crippen molar-refractivity contribution >= 4 is 5.91 Å². The van der Waals surface area contributed by atoms with E-state index in [0.29, 0.717) is 31.2 Å². The number of amides is 1. The minimum atomic E-state index is -0.908. The van der Waals surface area contributed by atoms with Crippen molar-refractivity contribution < 1.29 is 23.4 Å². The van der Waals surface area contributed by atoms with Crippen LogP contribution in [0.2, 0.25) is 0 Å². The molecule has 0 bridgehead atoms. The Balaban J connectivity index is 1.65. The molecule has 0 unspecified atom stereocenters. The molecule has 1 aliphatic carbocycles. The van der Waals surface area contributed by atoms with Gasteiger partial charge in [-0.1, -0.05) is 0 Å². The van der Waals surface area contributed by atoms with Gasteiger partial charge in [0.15, 0.2) is 5.60 Å². The van der Waals surface area contributed by atoms with Gasteiger partial charge in [0.25, 0.3) is 5.91 Å². The van der Waals surface area contributed by atoms with E-state index in [1.54, 1.807) is 4.90 Å². The molecule has 1 aromatic rings. The Morgan fingerprint density at radius 3 is 2.48 bits per heavy atom. The van der Waals surface area contributed by atoms with Crippen molar-refractivity contribution in [2.45, 2.75) is 49.7 Å². The minimum Gasteiger partial charge on any atom is -0.393 e. The highest BCUT2D eigenvalue weighted by atomic mass is 19.1. The topological polar surface area (TPSA) is 49.8 Å². The molecule has 3 fully saturated rings. The third-order valence-electron chi connectivity index (χ3n) is 4.72. The van der Waals surface area contributed by atoms with E-state index in [-0.39, 0.29) is 18.2 Å². The molecule has 4 nitrogen and oxygen atoms in total. The number of aliphatic hydroxyl groups is 1. The van der Waals surface area contributed by atoms with Gasteiger partial charge in [-0.25, -0.2) is 8.78 Å². The SMILES string of the molecule is O=C1N2[C@@H](CC[C@H]2c2cc(F)cc(F)c2)OC12CC(O)C2. The van der Waals surface area contributed by atoms with Crippen molar-refractivity contribution in [2.24, 2.45) is 0 Å². The molecule has 2 saturated heterocycles. The molecule has 6 heteroatoms. The molecule has 4 rings (SSSR count). The van der Waals surface area contributed by atoms with Gasteiger partial charge < -0.3 is 14.7 Å². The van der Waals surface area contributed by atoms with Crippen molar-refractivity contribution in [3.63, 3.8) is 0 Å². The maximum Gasteiger partial charge on any atom is 0.257 e. The Bertz CT molecular complexity index is 595. The third-order valence-corrected chi connectivity index (χ3v) is 4.72. The fraction of sp³-hybridized carbons (Fsp3) is 0.533. The Morgan fingerprint density at radius 1 is 1.19 bits per heavy atom. The quantitative estimate of drug-likeness (QED) is 0.860. The largest absolute Gasteiger partial charge is 0.393 e. The molecule has 0 radical (unpaired) electrons. The molecular formula is C15H15F2NO3. The van der Waals surface area contributed by atoms with E-state index in [9.17, 15) is 18.7 Å². The van der Waals surface area contributed by atoms with Crippen molar-refractivity contribution in [1.29, 1.82) is 0 Å². The lowest BCUT2D eigenvalue weighted by atomic mass is 9.76. The number of nitrogens with zero attached hydrogens (tertiary/aromatic N) is 1. The summed E-state index contributed by atoms with van der Waals surface area (Å²) in [6, 6.07) is 3.00. The van der Waals surface area contributed by atoms with Crippen LogP contribution in [-0.2, 0) is 9.53 Å². The first kappa shape index (κ1) is 13.2. The lowest BCUT2D eigenvalue weighted by molar-refractivity contribution is -0.165. The number of hydrogen-bond donors (Lipinski definition) is 1. The van der Waals surface area contributed by atoms with Gasteiger partial charge >= 0.3 is 0 Å². The number of carbonyl (C=O) groups is 1. The molecule has 0 aromatic heterocycles. The highest BCUT2D eigenvalue weighted by molar-refractivity contribution is 5.89. The molecule has 1 amide bonds. The Hall–Kier alpha value is -1.53. The lowest BCUT2D eigenvalue weighted by Crippen LogP contribution is -2.54. The van der Waals surface area contributed by atoms with Crippen LogP contribution in [0.3, 0.4) is 0 Å². The van der Waals surface area contributed by atoms with Crippen LogP contribution in [-0.4, -0.2) is 33.8 Å². The second kappa shape index (κ2) is 4.24. The first-order valence-corrected chi connectivity index (χ1v) is 7.13. The monoisotopic (exact) mass is 295 g/mol. The second-order valence-corrected chi connectivity index (χ2v) is 6.14. The molecule has 1 spiro atoms. The van der Waals surface area contributed by atoms with Crippen molar-refractivity contribution in [3.8, 4) is 0 Å². The summed E-state index contributed by atoms with van der Waals surface area (Å²) >= 11 is 0. The molecule has 1 N–H and O–H groups in total. The zero-order valence-electron chi connectivity index (χ0n) is 11.3.